The Morgan fingerprint density at radius 1 is 0.538 bits per heavy atom. The molecule has 4 bridgehead atoms. The van der Waals surface area contributed by atoms with Gasteiger partial charge in [-0.3, -0.25) is 9.59 Å². The van der Waals surface area contributed by atoms with Crippen LogP contribution in [0.3, 0.4) is 0 Å². The first kappa shape index (κ1) is 13.4. The van der Waals surface area contributed by atoms with Crippen molar-refractivity contribution in [3.63, 3.8) is 0 Å². The third-order valence-corrected chi connectivity index (χ3v) is 10.4. The number of rotatable bonds is 0. The molecule has 8 aliphatic rings. The highest BCUT2D eigenvalue weighted by Crippen LogP contribution is 2.89. The zero-order chi connectivity index (χ0) is 16.7. The molecule has 136 valence electrons. The fraction of sp³-hybridized carbons (Fsp3) is 0.900. The Morgan fingerprint density at radius 2 is 0.808 bits per heavy atom. The van der Waals surface area contributed by atoms with Crippen molar-refractivity contribution in [2.75, 3.05) is 26.4 Å². The van der Waals surface area contributed by atoms with Crippen LogP contribution < -0.4 is 0 Å². The zero-order valence-corrected chi connectivity index (χ0v) is 14.2. The maximum Gasteiger partial charge on any atom is 0.176 e. The van der Waals surface area contributed by atoms with Crippen molar-refractivity contribution in [2.45, 2.75) is 11.6 Å². The van der Waals surface area contributed by atoms with Gasteiger partial charge in [0.2, 0.25) is 0 Å². The fourth-order valence-electron chi connectivity index (χ4n) is 10.7. The smallest absolute Gasteiger partial charge is 0.176 e. The Morgan fingerprint density at radius 3 is 1.08 bits per heavy atom. The summed E-state index contributed by atoms with van der Waals surface area (Å²) in [7, 11) is 0. The Kier molecular flexibility index (Phi) is 1.79. The van der Waals surface area contributed by atoms with Gasteiger partial charge in [0.1, 0.15) is 11.6 Å². The largest absolute Gasteiger partial charge is 0.347 e. The molecule has 2 saturated heterocycles. The Bertz CT molecular complexity index is 696. The maximum atomic E-state index is 13.7. The molecule has 0 radical (unpaired) electrons. The molecule has 0 amide bonds. The van der Waals surface area contributed by atoms with Crippen molar-refractivity contribution in [1.29, 1.82) is 0 Å². The van der Waals surface area contributed by atoms with Gasteiger partial charge in [-0.15, -0.1) is 0 Å². The molecule has 2 aliphatic heterocycles. The average Bonchev–Trinajstić information content (AvgIpc) is 3.42. The second-order valence-electron chi connectivity index (χ2n) is 10.2. The van der Waals surface area contributed by atoms with E-state index in [1.807, 2.05) is 0 Å². The predicted octanol–water partition coefficient (Wildman–Crippen LogP) is 0.100. The van der Waals surface area contributed by atoms with Crippen molar-refractivity contribution in [2.24, 2.45) is 71.0 Å². The molecule has 0 N–H and O–H groups in total. The predicted molar refractivity (Wildman–Crippen MR) is 81.2 cm³/mol. The van der Waals surface area contributed by atoms with Crippen molar-refractivity contribution in [3.05, 3.63) is 0 Å². The summed E-state index contributed by atoms with van der Waals surface area (Å²) < 4.78 is 25.1. The van der Waals surface area contributed by atoms with E-state index in [-0.39, 0.29) is 47.3 Å². The number of fused-ring (bicyclic) bond motifs is 14. The van der Waals surface area contributed by atoms with E-state index in [9.17, 15) is 9.59 Å². The first-order valence-corrected chi connectivity index (χ1v) is 10.4. The summed E-state index contributed by atoms with van der Waals surface area (Å²) in [6.07, 6.45) is 0. The molecule has 0 aromatic carbocycles. The van der Waals surface area contributed by atoms with Gasteiger partial charge < -0.3 is 18.9 Å². The minimum absolute atomic E-state index is 0.0893. The summed E-state index contributed by atoms with van der Waals surface area (Å²) in [4.78, 5) is 27.5. The molecule has 2 heterocycles. The number of hydrogen-bond acceptors (Lipinski definition) is 6. The lowest BCUT2D eigenvalue weighted by atomic mass is 9.48. The van der Waals surface area contributed by atoms with Crippen LogP contribution in [0.2, 0.25) is 0 Å². The number of carbonyl (C=O) groups is 2. The third-order valence-electron chi connectivity index (χ3n) is 10.4. The number of carbonyl (C=O) groups excluding carboxylic acids is 2. The molecule has 6 nitrogen and oxygen atoms in total. The maximum absolute atomic E-state index is 13.7. The highest BCUT2D eigenvalue weighted by Gasteiger charge is 2.95. The lowest BCUT2D eigenvalue weighted by Crippen LogP contribution is -2.53. The molecule has 8 rings (SSSR count). The van der Waals surface area contributed by atoms with Crippen molar-refractivity contribution in [3.8, 4) is 0 Å². The van der Waals surface area contributed by atoms with Gasteiger partial charge in [-0.1, -0.05) is 0 Å². The van der Waals surface area contributed by atoms with Crippen LogP contribution in [-0.2, 0) is 28.5 Å². The molecule has 26 heavy (non-hydrogen) atoms. The summed E-state index contributed by atoms with van der Waals surface area (Å²) in [6.45, 7) is 2.39. The lowest BCUT2D eigenvalue weighted by Gasteiger charge is -2.54. The molecule has 8 fully saturated rings. The monoisotopic (exact) mass is 356 g/mol. The average molecular weight is 356 g/mol. The number of ketones is 2. The Balaban J connectivity index is 1.38. The molecule has 0 aromatic rings. The topological polar surface area (TPSA) is 71.1 Å². The van der Waals surface area contributed by atoms with E-state index in [1.165, 1.54) is 0 Å². The van der Waals surface area contributed by atoms with Crippen molar-refractivity contribution < 1.29 is 28.5 Å². The van der Waals surface area contributed by atoms with E-state index in [2.05, 4.69) is 0 Å². The van der Waals surface area contributed by atoms with Crippen LogP contribution in [0.15, 0.2) is 0 Å². The molecule has 6 aliphatic carbocycles. The summed E-state index contributed by atoms with van der Waals surface area (Å²) in [5.41, 5.74) is 0. The van der Waals surface area contributed by atoms with Gasteiger partial charge in [-0.05, 0) is 23.7 Å². The summed E-state index contributed by atoms with van der Waals surface area (Å²) in [5.74, 6) is 0.885. The number of Topliss-reactive ketones (excluding diaryl/α,β-unsaturated/α-hetero) is 2. The second kappa shape index (κ2) is 3.47. The molecule has 6 unspecified atom stereocenters. The van der Waals surface area contributed by atoms with Gasteiger partial charge in [0.25, 0.3) is 0 Å². The highest BCUT2D eigenvalue weighted by atomic mass is 16.7. The molecule has 6 heteroatoms. The van der Waals surface area contributed by atoms with Gasteiger partial charge in [0.15, 0.2) is 11.6 Å². The highest BCUT2D eigenvalue weighted by molar-refractivity contribution is 6.03. The molecular weight excluding hydrogens is 336 g/mol. The van der Waals surface area contributed by atoms with Crippen LogP contribution in [0.5, 0.6) is 0 Å². The molecule has 2 spiro atoms. The Labute approximate surface area is 149 Å². The van der Waals surface area contributed by atoms with Crippen LogP contribution in [-0.4, -0.2) is 49.6 Å². The van der Waals surface area contributed by atoms with E-state index < -0.39 is 11.6 Å². The van der Waals surface area contributed by atoms with Gasteiger partial charge in [-0.2, -0.15) is 0 Å². The van der Waals surface area contributed by atoms with Crippen molar-refractivity contribution >= 4 is 11.6 Å². The van der Waals surface area contributed by atoms with Gasteiger partial charge in [-0.25, -0.2) is 0 Å². The normalized spacial score (nSPS) is 67.5. The van der Waals surface area contributed by atoms with Crippen LogP contribution in [0.25, 0.3) is 0 Å². The van der Waals surface area contributed by atoms with Crippen LogP contribution >= 0.6 is 0 Å². The van der Waals surface area contributed by atoms with E-state index >= 15 is 0 Å². The Hall–Kier alpha value is -0.820. The van der Waals surface area contributed by atoms with Crippen LogP contribution in [0, 0.1) is 71.0 Å². The van der Waals surface area contributed by atoms with Crippen molar-refractivity contribution in [1.82, 2.24) is 0 Å². The van der Waals surface area contributed by atoms with E-state index in [0.717, 1.165) is 0 Å². The minimum Gasteiger partial charge on any atom is -0.347 e. The summed E-state index contributed by atoms with van der Waals surface area (Å²) in [6, 6.07) is 0. The quantitative estimate of drug-likeness (QED) is 0.574. The van der Waals surface area contributed by atoms with E-state index in [4.69, 9.17) is 18.9 Å². The molecule has 6 saturated carbocycles. The summed E-state index contributed by atoms with van der Waals surface area (Å²) >= 11 is 0. The standard InChI is InChI=1S/C20H20O6/c21-17-9-10-14-6-5(13(9)19(14)23-1-2-24-19)7-8(6)16-12(18(10)22)11(17)15(7)20(16)25-3-4-26-20/h5-16H,1-4H2/t5?,6?,7?,8?,9-,10-,11+,12+,13-,14?,15+,16?. The van der Waals surface area contributed by atoms with Gasteiger partial charge in [0.05, 0.1) is 26.4 Å². The SMILES string of the molecule is O=C1[C@H]2[C@H]3C4C5C6C4[C@H]4[C@@H]1[C@H](C(=O)[C@H]2C5C31OCCO1)C6C41OCCO1. The van der Waals surface area contributed by atoms with E-state index in [0.29, 0.717) is 61.7 Å². The van der Waals surface area contributed by atoms with Crippen LogP contribution in [0.1, 0.15) is 0 Å². The number of hydrogen-bond donors (Lipinski definition) is 0. The number of ether oxygens (including phenoxy) is 4. The van der Waals surface area contributed by atoms with E-state index in [1.54, 1.807) is 0 Å². The molecular formula is C20H20O6. The minimum atomic E-state index is -0.645. The molecule has 0 aromatic heterocycles. The zero-order valence-electron chi connectivity index (χ0n) is 14.2. The third kappa shape index (κ3) is 0.890. The van der Waals surface area contributed by atoms with Gasteiger partial charge >= 0.3 is 0 Å². The fourth-order valence-corrected chi connectivity index (χ4v) is 10.7. The first-order valence-electron chi connectivity index (χ1n) is 10.4. The molecule has 12 atom stereocenters. The lowest BCUT2D eigenvalue weighted by molar-refractivity contribution is -0.204. The van der Waals surface area contributed by atoms with Gasteiger partial charge in [0, 0.05) is 47.3 Å². The van der Waals surface area contributed by atoms with Crippen LogP contribution in [0.4, 0.5) is 0 Å². The first-order chi connectivity index (χ1) is 12.7. The summed E-state index contributed by atoms with van der Waals surface area (Å²) in [5, 5.41) is 0. The second-order valence-corrected chi connectivity index (χ2v) is 10.2.